The predicted octanol–water partition coefficient (Wildman–Crippen LogP) is 11.6. The molecule has 2 aromatic heterocycles. The summed E-state index contributed by atoms with van der Waals surface area (Å²) in [6.45, 7) is 20.4. The SMILES string of the molecule is CN(Cc1ccccc1)SCC#N.CN1CCC[C@@H]1Cc1cn(COCC[Si](C)(C)C)c2ccc(Br)cc12.CN1CCC[C@@H]1Cc1cn(COCC[Si](C)(C)C)c2ccc(C(C#N)S(=O)(=O)N(C)Cc3ccccc3)cc12.O.O. The number of nitrogens with zero attached hydrogens (tertiary/aromatic N) is 8. The molecule has 79 heavy (non-hydrogen) atoms. The number of nitriles is 2. The lowest BCUT2D eigenvalue weighted by atomic mass is 10.0. The highest BCUT2D eigenvalue weighted by Crippen LogP contribution is 2.33. The fraction of sp³-hybridized carbons (Fsp3) is 0.500. The van der Waals surface area contributed by atoms with Gasteiger partial charge >= 0.3 is 0 Å². The number of rotatable bonds is 23. The molecular weight excluding hydrogens is 1130 g/mol. The Labute approximate surface area is 487 Å². The minimum Gasteiger partial charge on any atom is -0.412 e. The van der Waals surface area contributed by atoms with Gasteiger partial charge < -0.3 is 39.4 Å². The largest absolute Gasteiger partial charge is 0.412 e. The first kappa shape index (κ1) is 67.3. The van der Waals surface area contributed by atoms with Crippen LogP contribution >= 0.6 is 27.9 Å². The minimum absolute atomic E-state index is 0. The van der Waals surface area contributed by atoms with Crippen LogP contribution in [0.4, 0.5) is 0 Å². The molecule has 0 saturated carbocycles. The van der Waals surface area contributed by atoms with Crippen LogP contribution in [0.15, 0.2) is 114 Å². The molecule has 0 radical (unpaired) electrons. The van der Waals surface area contributed by atoms with E-state index in [0.717, 1.165) is 72.5 Å². The molecule has 4 N–H and O–H groups in total. The first-order valence-electron chi connectivity index (χ1n) is 27.2. The number of ether oxygens (including phenoxy) is 2. The molecule has 8 rings (SSSR count). The Bertz CT molecular complexity index is 3000. The summed E-state index contributed by atoms with van der Waals surface area (Å²) in [6, 6.07) is 39.6. The van der Waals surface area contributed by atoms with Gasteiger partial charge in [0.1, 0.15) is 13.5 Å². The summed E-state index contributed by atoms with van der Waals surface area (Å²) in [4.78, 5) is 4.91. The normalized spacial score (nSPS) is 16.4. The summed E-state index contributed by atoms with van der Waals surface area (Å²) in [5, 5.41) is 19.5. The summed E-state index contributed by atoms with van der Waals surface area (Å²) >= 11 is 5.18. The number of hydrogen-bond acceptors (Lipinski definition) is 10. The van der Waals surface area contributed by atoms with E-state index in [-0.39, 0.29) is 17.5 Å². The maximum absolute atomic E-state index is 13.5. The quantitative estimate of drug-likeness (QED) is 0.0339. The van der Waals surface area contributed by atoms with Crippen LogP contribution in [-0.4, -0.2) is 135 Å². The molecule has 0 spiro atoms. The fourth-order valence-electron chi connectivity index (χ4n) is 9.95. The van der Waals surface area contributed by atoms with E-state index in [0.29, 0.717) is 36.9 Å². The van der Waals surface area contributed by atoms with Crippen LogP contribution in [0.1, 0.15) is 58.8 Å². The molecule has 0 aliphatic carbocycles. The zero-order valence-electron chi connectivity index (χ0n) is 48.6. The second-order valence-electron chi connectivity index (χ2n) is 23.3. The molecule has 2 aliphatic rings. The van der Waals surface area contributed by atoms with E-state index >= 15 is 0 Å². The molecule has 4 aromatic carbocycles. The number of likely N-dealkylation sites (tertiary alicyclic amines) is 2. The van der Waals surface area contributed by atoms with E-state index in [9.17, 15) is 13.7 Å². The lowest BCUT2D eigenvalue weighted by molar-refractivity contribution is 0.0900. The predicted molar refractivity (Wildman–Crippen MR) is 337 cm³/mol. The van der Waals surface area contributed by atoms with Crippen molar-refractivity contribution >= 4 is 75.9 Å². The molecule has 4 heterocycles. The van der Waals surface area contributed by atoms with Crippen LogP contribution in [0.3, 0.4) is 0 Å². The van der Waals surface area contributed by atoms with Crippen molar-refractivity contribution in [1.29, 1.82) is 10.5 Å². The van der Waals surface area contributed by atoms with Gasteiger partial charge in [-0.25, -0.2) is 12.7 Å². The Morgan fingerprint density at radius 1 is 0.696 bits per heavy atom. The molecule has 1 unspecified atom stereocenters. The van der Waals surface area contributed by atoms with Crippen LogP contribution < -0.4 is 0 Å². The average Bonchev–Trinajstić information content (AvgIpc) is 4.17. The molecule has 2 fully saturated rings. The Balaban J connectivity index is 0.000000287. The highest BCUT2D eigenvalue weighted by molar-refractivity contribution is 9.10. The molecule has 0 amide bonds. The highest BCUT2D eigenvalue weighted by atomic mass is 79.9. The molecule has 6 aromatic rings. The second kappa shape index (κ2) is 31.9. The molecular formula is C60H89BrN8O6S2Si2. The third-order valence-corrected chi connectivity index (χ3v) is 21.3. The van der Waals surface area contributed by atoms with E-state index in [1.807, 2.05) is 67.7 Å². The average molecular weight is 1220 g/mol. The number of benzene rings is 4. The van der Waals surface area contributed by atoms with Gasteiger partial charge in [-0.1, -0.05) is 134 Å². The number of hydrogen-bond donors (Lipinski definition) is 0. The second-order valence-corrected chi connectivity index (χ2v) is 38.8. The summed E-state index contributed by atoms with van der Waals surface area (Å²) in [5.74, 6) is 0.517. The Kier molecular flexibility index (Phi) is 27.2. The Morgan fingerprint density at radius 2 is 1.16 bits per heavy atom. The van der Waals surface area contributed by atoms with Crippen molar-refractivity contribution in [1.82, 2.24) is 27.5 Å². The van der Waals surface area contributed by atoms with Crippen molar-refractivity contribution < 1.29 is 28.8 Å². The van der Waals surface area contributed by atoms with E-state index in [1.165, 1.54) is 63.7 Å². The van der Waals surface area contributed by atoms with Crippen LogP contribution in [-0.2, 0) is 58.9 Å². The molecule has 2 saturated heterocycles. The van der Waals surface area contributed by atoms with E-state index < -0.39 is 31.4 Å². The van der Waals surface area contributed by atoms with E-state index in [4.69, 9.17) is 14.7 Å². The monoisotopic (exact) mass is 1220 g/mol. The van der Waals surface area contributed by atoms with Crippen molar-refractivity contribution in [2.45, 2.75) is 134 Å². The number of likely N-dealkylation sites (N-methyl/N-ethyl adjacent to an activating group) is 2. The topological polar surface area (TPSA) is 186 Å². The van der Waals surface area contributed by atoms with Crippen molar-refractivity contribution in [3.63, 3.8) is 0 Å². The van der Waals surface area contributed by atoms with Gasteiger partial charge in [0.2, 0.25) is 10.0 Å². The zero-order valence-corrected chi connectivity index (χ0v) is 53.8. The number of sulfonamides is 1. The Hall–Kier alpha value is -4.17. The minimum atomic E-state index is -3.90. The van der Waals surface area contributed by atoms with Gasteiger partial charge in [-0.2, -0.15) is 14.8 Å². The molecule has 3 atom stereocenters. The third kappa shape index (κ3) is 20.6. The number of fused-ring (bicyclic) bond motifs is 2. The maximum atomic E-state index is 13.5. The van der Waals surface area contributed by atoms with E-state index in [2.05, 4.69) is 147 Å². The van der Waals surface area contributed by atoms with Crippen molar-refractivity contribution in [2.24, 2.45) is 0 Å². The van der Waals surface area contributed by atoms with Gasteiger partial charge in [0.15, 0.2) is 5.25 Å². The Morgan fingerprint density at radius 3 is 1.61 bits per heavy atom. The fourth-order valence-corrected chi connectivity index (χ4v) is 13.7. The van der Waals surface area contributed by atoms with Crippen LogP contribution in [0.2, 0.25) is 51.4 Å². The zero-order chi connectivity index (χ0) is 55.8. The van der Waals surface area contributed by atoms with Crippen LogP contribution in [0.25, 0.3) is 21.8 Å². The molecule has 0 bridgehead atoms. The summed E-state index contributed by atoms with van der Waals surface area (Å²) in [5.41, 5.74) is 7.57. The summed E-state index contributed by atoms with van der Waals surface area (Å²) < 4.78 is 48.1. The first-order chi connectivity index (χ1) is 36.6. The van der Waals surface area contributed by atoms with Gasteiger partial charge in [-0.15, -0.1) is 0 Å². The smallest absolute Gasteiger partial charge is 0.234 e. The molecule has 14 nitrogen and oxygen atoms in total. The summed E-state index contributed by atoms with van der Waals surface area (Å²) in [7, 11) is 1.85. The van der Waals surface area contributed by atoms with Crippen molar-refractivity contribution in [3.8, 4) is 12.1 Å². The van der Waals surface area contributed by atoms with Gasteiger partial charge in [-0.05, 0) is 143 Å². The van der Waals surface area contributed by atoms with Gasteiger partial charge in [0.05, 0.1) is 28.9 Å². The third-order valence-electron chi connectivity index (χ3n) is 14.6. The van der Waals surface area contributed by atoms with E-state index in [1.54, 1.807) is 25.1 Å². The number of aromatic nitrogens is 2. The van der Waals surface area contributed by atoms with Gasteiger partial charge in [-0.3, -0.25) is 0 Å². The van der Waals surface area contributed by atoms with Crippen molar-refractivity contribution in [2.75, 3.05) is 60.2 Å². The van der Waals surface area contributed by atoms with Gasteiger partial charge in [0, 0.05) is 89.2 Å². The molecule has 19 heteroatoms. The van der Waals surface area contributed by atoms with Crippen LogP contribution in [0.5, 0.6) is 0 Å². The van der Waals surface area contributed by atoms with Crippen molar-refractivity contribution in [3.05, 3.63) is 142 Å². The van der Waals surface area contributed by atoms with Crippen LogP contribution in [0, 0.1) is 22.7 Å². The first-order valence-corrected chi connectivity index (χ1v) is 37.9. The lowest BCUT2D eigenvalue weighted by Gasteiger charge is -2.21. The highest BCUT2D eigenvalue weighted by Gasteiger charge is 2.33. The molecule has 2 aliphatic heterocycles. The van der Waals surface area contributed by atoms with Gasteiger partial charge in [0.25, 0.3) is 0 Å². The number of halogens is 1. The summed E-state index contributed by atoms with van der Waals surface area (Å²) in [6.07, 6.45) is 11.5. The lowest BCUT2D eigenvalue weighted by Crippen LogP contribution is -2.30. The molecule has 432 valence electrons. The maximum Gasteiger partial charge on any atom is 0.234 e. The standard InChI is InChI=1S/C30H42N4O3SSi.C20H31BrN2OSi.C10H12N2S.2H2O/c1-32-15-9-12-27(32)18-26-22-34(23-37-16-17-39(3,4)5)29-14-13-25(19-28(26)29)30(20-31)38(35,36)33(2)21-24-10-7-6-8-11-24;1-22-9-5-6-18(22)12-16-14-23(15-24-10-11-25(2,3)4)20-8-7-17(21)13-19(16)20;1-12(13-8-7-11)9-10-5-3-2-4-6-10;;/h6-8,10-11,13-14,19,22,27,30H,9,12,15-18,21,23H2,1-5H3;7-8,13-14,18H,5-6,9-12,15H2,1-4H3;2-6H,8-9H2,1H3;2*1H2/t27-,30?;18-;;;/m11.../s1.